The fourth-order valence-electron chi connectivity index (χ4n) is 1.71. The van der Waals surface area contributed by atoms with Crippen molar-refractivity contribution in [1.82, 2.24) is 20.1 Å². The van der Waals surface area contributed by atoms with Gasteiger partial charge < -0.3 is 10.3 Å². The van der Waals surface area contributed by atoms with Crippen molar-refractivity contribution in [2.75, 3.05) is 0 Å². The highest BCUT2D eigenvalue weighted by Crippen LogP contribution is 2.25. The van der Waals surface area contributed by atoms with Gasteiger partial charge in [-0.3, -0.25) is 9.97 Å². The van der Waals surface area contributed by atoms with E-state index in [-0.39, 0.29) is 0 Å². The minimum Gasteiger partial charge on any atom is -0.334 e. The van der Waals surface area contributed by atoms with Crippen LogP contribution in [0.3, 0.4) is 0 Å². The number of hydrogen-bond donors (Lipinski definition) is 1. The summed E-state index contributed by atoms with van der Waals surface area (Å²) in [6, 6.07) is 7.32. The van der Waals surface area contributed by atoms with Crippen LogP contribution in [0.25, 0.3) is 23.0 Å². The van der Waals surface area contributed by atoms with E-state index in [0.29, 0.717) is 24.0 Å². The Hall–Kier alpha value is -2.12. The molecule has 0 bridgehead atoms. The lowest BCUT2D eigenvalue weighted by molar-refractivity contribution is 0.432. The quantitative estimate of drug-likeness (QED) is 0.792. The van der Waals surface area contributed by atoms with Crippen LogP contribution in [0.2, 0.25) is 0 Å². The number of rotatable bonds is 3. The molecule has 20 heavy (non-hydrogen) atoms. The minimum atomic E-state index is 0.362. The van der Waals surface area contributed by atoms with E-state index >= 15 is 0 Å². The topological polar surface area (TPSA) is 90.7 Å². The third-order valence-electron chi connectivity index (χ3n) is 2.67. The number of nitrogens with two attached hydrogens (primary N) is 1. The van der Waals surface area contributed by atoms with Gasteiger partial charge in [0.15, 0.2) is 0 Å². The molecule has 0 amide bonds. The van der Waals surface area contributed by atoms with Crippen LogP contribution in [0.4, 0.5) is 0 Å². The Bertz CT molecular complexity index is 743. The molecule has 6 nitrogen and oxygen atoms in total. The van der Waals surface area contributed by atoms with Crippen molar-refractivity contribution in [1.29, 1.82) is 0 Å². The fraction of sp³-hybridized carbons (Fsp3) is 0.0769. The minimum absolute atomic E-state index is 0.362. The Labute approximate surface area is 123 Å². The summed E-state index contributed by atoms with van der Waals surface area (Å²) in [4.78, 5) is 12.7. The van der Waals surface area contributed by atoms with Crippen molar-refractivity contribution in [3.63, 3.8) is 0 Å². The monoisotopic (exact) mass is 331 g/mol. The van der Waals surface area contributed by atoms with Crippen molar-refractivity contribution in [2.45, 2.75) is 6.54 Å². The second-order valence-electron chi connectivity index (χ2n) is 4.00. The predicted octanol–water partition coefficient (Wildman–Crippen LogP) is 2.41. The molecule has 3 heterocycles. The summed E-state index contributed by atoms with van der Waals surface area (Å²) in [6.45, 7) is 0.362. The van der Waals surface area contributed by atoms with E-state index in [1.165, 1.54) is 0 Å². The number of hydrogen-bond acceptors (Lipinski definition) is 6. The average Bonchev–Trinajstić information content (AvgIpc) is 2.97. The number of aromatic nitrogens is 4. The SMILES string of the molecule is NCc1cc(-c2nc(-c3ncccc3Br)no2)ccn1. The van der Waals surface area contributed by atoms with Crippen LogP contribution in [-0.4, -0.2) is 20.1 Å². The van der Waals surface area contributed by atoms with Gasteiger partial charge in [-0.25, -0.2) is 0 Å². The molecule has 100 valence electrons. The summed E-state index contributed by atoms with van der Waals surface area (Å²) in [5, 5.41) is 3.95. The Kier molecular flexibility index (Phi) is 3.53. The highest BCUT2D eigenvalue weighted by Gasteiger charge is 2.14. The number of halogens is 1. The van der Waals surface area contributed by atoms with Crippen LogP contribution in [0.15, 0.2) is 45.7 Å². The Morgan fingerprint density at radius 2 is 2.10 bits per heavy atom. The molecule has 0 saturated heterocycles. The maximum atomic E-state index is 5.57. The van der Waals surface area contributed by atoms with Crippen molar-refractivity contribution in [3.8, 4) is 23.0 Å². The molecule has 3 aromatic heterocycles. The Balaban J connectivity index is 2.00. The summed E-state index contributed by atoms with van der Waals surface area (Å²) in [7, 11) is 0. The van der Waals surface area contributed by atoms with Crippen LogP contribution < -0.4 is 5.73 Å². The molecular formula is C13H10BrN5O. The van der Waals surface area contributed by atoms with Gasteiger partial charge in [0.1, 0.15) is 5.69 Å². The summed E-state index contributed by atoms with van der Waals surface area (Å²) in [6.07, 6.45) is 3.34. The third kappa shape index (κ3) is 2.45. The first-order chi connectivity index (χ1) is 9.78. The lowest BCUT2D eigenvalue weighted by Gasteiger charge is -1.97. The highest BCUT2D eigenvalue weighted by atomic mass is 79.9. The molecular weight excluding hydrogens is 322 g/mol. The highest BCUT2D eigenvalue weighted by molar-refractivity contribution is 9.10. The van der Waals surface area contributed by atoms with E-state index in [2.05, 4.69) is 36.0 Å². The maximum absolute atomic E-state index is 5.57. The zero-order valence-corrected chi connectivity index (χ0v) is 11.9. The second-order valence-corrected chi connectivity index (χ2v) is 4.85. The molecule has 0 spiro atoms. The number of nitrogens with zero attached hydrogens (tertiary/aromatic N) is 4. The molecule has 7 heteroatoms. The molecule has 3 rings (SSSR count). The lowest BCUT2D eigenvalue weighted by Crippen LogP contribution is -1.99. The van der Waals surface area contributed by atoms with E-state index in [1.807, 2.05) is 18.2 Å². The van der Waals surface area contributed by atoms with Crippen LogP contribution in [0.1, 0.15) is 5.69 Å². The average molecular weight is 332 g/mol. The molecule has 0 radical (unpaired) electrons. The van der Waals surface area contributed by atoms with Gasteiger partial charge in [-0.05, 0) is 40.2 Å². The van der Waals surface area contributed by atoms with E-state index in [1.54, 1.807) is 18.5 Å². The van der Waals surface area contributed by atoms with E-state index in [4.69, 9.17) is 10.3 Å². The van der Waals surface area contributed by atoms with Gasteiger partial charge in [-0.1, -0.05) is 5.16 Å². The first-order valence-electron chi connectivity index (χ1n) is 5.88. The molecule has 0 aliphatic rings. The number of pyridine rings is 2. The molecule has 0 atom stereocenters. The van der Waals surface area contributed by atoms with Gasteiger partial charge in [-0.15, -0.1) is 0 Å². The smallest absolute Gasteiger partial charge is 0.258 e. The standard InChI is InChI=1S/C13H10BrN5O/c14-10-2-1-4-17-11(10)12-18-13(20-19-12)8-3-5-16-9(6-8)7-15/h1-6H,7,15H2. The zero-order chi connectivity index (χ0) is 13.9. The van der Waals surface area contributed by atoms with E-state index < -0.39 is 0 Å². The van der Waals surface area contributed by atoms with Crippen molar-refractivity contribution in [2.24, 2.45) is 5.73 Å². The predicted molar refractivity (Wildman–Crippen MR) is 76.4 cm³/mol. The van der Waals surface area contributed by atoms with Crippen LogP contribution in [-0.2, 0) is 6.54 Å². The van der Waals surface area contributed by atoms with Gasteiger partial charge >= 0.3 is 0 Å². The maximum Gasteiger partial charge on any atom is 0.258 e. The second kappa shape index (κ2) is 5.48. The molecule has 0 saturated carbocycles. The van der Waals surface area contributed by atoms with Crippen LogP contribution in [0, 0.1) is 0 Å². The largest absolute Gasteiger partial charge is 0.334 e. The first-order valence-corrected chi connectivity index (χ1v) is 6.67. The first kappa shape index (κ1) is 12.9. The summed E-state index contributed by atoms with van der Waals surface area (Å²) in [5.41, 5.74) is 7.75. The Morgan fingerprint density at radius 3 is 2.90 bits per heavy atom. The molecule has 0 aliphatic carbocycles. The van der Waals surface area contributed by atoms with Crippen molar-refractivity contribution in [3.05, 3.63) is 46.8 Å². The van der Waals surface area contributed by atoms with Crippen molar-refractivity contribution >= 4 is 15.9 Å². The van der Waals surface area contributed by atoms with E-state index in [9.17, 15) is 0 Å². The normalized spacial score (nSPS) is 10.7. The van der Waals surface area contributed by atoms with Gasteiger partial charge in [0.2, 0.25) is 5.82 Å². The molecule has 3 aromatic rings. The molecule has 0 aromatic carbocycles. The molecule has 0 aliphatic heterocycles. The van der Waals surface area contributed by atoms with E-state index in [0.717, 1.165) is 15.7 Å². The Morgan fingerprint density at radius 1 is 1.20 bits per heavy atom. The lowest BCUT2D eigenvalue weighted by atomic mass is 10.2. The van der Waals surface area contributed by atoms with Crippen LogP contribution in [0.5, 0.6) is 0 Å². The molecule has 2 N–H and O–H groups in total. The summed E-state index contributed by atoms with van der Waals surface area (Å²) < 4.78 is 6.08. The third-order valence-corrected chi connectivity index (χ3v) is 3.31. The van der Waals surface area contributed by atoms with Crippen molar-refractivity contribution < 1.29 is 4.52 Å². The van der Waals surface area contributed by atoms with Gasteiger partial charge in [0, 0.05) is 29.0 Å². The summed E-state index contributed by atoms with van der Waals surface area (Å²) >= 11 is 3.41. The van der Waals surface area contributed by atoms with Gasteiger partial charge in [0.25, 0.3) is 5.89 Å². The summed E-state index contributed by atoms with van der Waals surface area (Å²) in [5.74, 6) is 0.841. The fourth-order valence-corrected chi connectivity index (χ4v) is 2.14. The van der Waals surface area contributed by atoms with Gasteiger partial charge in [-0.2, -0.15) is 4.98 Å². The molecule has 0 fully saturated rings. The van der Waals surface area contributed by atoms with Gasteiger partial charge in [0.05, 0.1) is 5.69 Å². The zero-order valence-electron chi connectivity index (χ0n) is 10.3. The molecule has 0 unspecified atom stereocenters. The van der Waals surface area contributed by atoms with Crippen LogP contribution >= 0.6 is 15.9 Å².